The van der Waals surface area contributed by atoms with E-state index in [1.54, 1.807) is 30.3 Å². The molecule has 0 unspecified atom stereocenters. The van der Waals surface area contributed by atoms with Gasteiger partial charge in [0.1, 0.15) is 16.9 Å². The fourth-order valence-electron chi connectivity index (χ4n) is 3.05. The zero-order chi connectivity index (χ0) is 17.6. The number of benzene rings is 1. The first-order valence-corrected chi connectivity index (χ1v) is 7.61. The smallest absolute Gasteiger partial charge is 0.341 e. The summed E-state index contributed by atoms with van der Waals surface area (Å²) in [5, 5.41) is 0.731. The minimum absolute atomic E-state index is 0.00820. The fourth-order valence-corrected chi connectivity index (χ4v) is 3.05. The van der Waals surface area contributed by atoms with Crippen LogP contribution in [0.25, 0.3) is 11.0 Å². The lowest BCUT2D eigenvalue weighted by Gasteiger charge is -2.13. The van der Waals surface area contributed by atoms with Crippen molar-refractivity contribution >= 4 is 22.8 Å². The molecule has 0 saturated heterocycles. The molecule has 0 aliphatic carbocycles. The van der Waals surface area contributed by atoms with E-state index in [9.17, 15) is 14.0 Å². The average Bonchev–Trinajstić information content (AvgIpc) is 3.16. The molecule has 0 radical (unpaired) electrons. The average molecular weight is 340 g/mol. The van der Waals surface area contributed by atoms with Gasteiger partial charge in [-0.2, -0.15) is 4.39 Å². The van der Waals surface area contributed by atoms with E-state index in [1.807, 2.05) is 0 Å². The molecule has 0 saturated carbocycles. The predicted molar refractivity (Wildman–Crippen MR) is 85.3 cm³/mol. The summed E-state index contributed by atoms with van der Waals surface area (Å²) in [5.41, 5.74) is 1.33. The number of aromatic nitrogens is 1. The van der Waals surface area contributed by atoms with Crippen LogP contribution in [0.2, 0.25) is 0 Å². The van der Waals surface area contributed by atoms with Crippen LogP contribution in [-0.2, 0) is 17.8 Å². The van der Waals surface area contributed by atoms with Gasteiger partial charge in [-0.25, -0.2) is 9.78 Å². The van der Waals surface area contributed by atoms with Crippen molar-refractivity contribution in [2.45, 2.75) is 13.1 Å². The molecule has 1 aromatic carbocycles. The minimum atomic E-state index is -0.761. The molecule has 1 aliphatic rings. The largest absolute Gasteiger partial charge is 0.465 e. The molecule has 1 amide bonds. The van der Waals surface area contributed by atoms with Gasteiger partial charge in [0.05, 0.1) is 19.2 Å². The number of amides is 1. The third-order valence-electron chi connectivity index (χ3n) is 4.20. The summed E-state index contributed by atoms with van der Waals surface area (Å²) >= 11 is 0. The molecule has 1 aliphatic heterocycles. The van der Waals surface area contributed by atoms with Gasteiger partial charge < -0.3 is 14.1 Å². The number of carbonyl (C=O) groups excluding carboxylic acids is 2. The molecule has 126 valence electrons. The molecule has 3 heterocycles. The first-order chi connectivity index (χ1) is 12.1. The van der Waals surface area contributed by atoms with Crippen LogP contribution in [0.5, 0.6) is 0 Å². The number of methoxy groups -OCH3 is 1. The number of halogens is 1. The van der Waals surface area contributed by atoms with Gasteiger partial charge in [0.15, 0.2) is 0 Å². The number of furan rings is 1. The van der Waals surface area contributed by atoms with Gasteiger partial charge in [-0.3, -0.25) is 4.79 Å². The minimum Gasteiger partial charge on any atom is -0.465 e. The predicted octanol–water partition coefficient (Wildman–Crippen LogP) is 2.91. The maximum atomic E-state index is 13.8. The number of ether oxygens (including phenoxy) is 1. The summed E-state index contributed by atoms with van der Waals surface area (Å²) in [7, 11) is 1.30. The van der Waals surface area contributed by atoms with Crippen LogP contribution in [0.3, 0.4) is 0 Å². The van der Waals surface area contributed by atoms with Crippen molar-refractivity contribution in [1.82, 2.24) is 9.88 Å². The molecule has 4 rings (SSSR count). The van der Waals surface area contributed by atoms with Crippen molar-refractivity contribution in [3.05, 3.63) is 64.9 Å². The number of nitrogens with zero attached hydrogens (tertiary/aromatic N) is 2. The number of rotatable bonds is 3. The highest BCUT2D eigenvalue weighted by Gasteiger charge is 2.31. The summed E-state index contributed by atoms with van der Waals surface area (Å²) in [6.45, 7) is 0.455. The topological polar surface area (TPSA) is 72.6 Å². The molecule has 0 N–H and O–H groups in total. The first-order valence-electron chi connectivity index (χ1n) is 7.61. The number of para-hydroxylation sites is 1. The van der Waals surface area contributed by atoms with Gasteiger partial charge in [-0.15, -0.1) is 0 Å². The highest BCUT2D eigenvalue weighted by molar-refractivity contribution is 6.02. The third kappa shape index (κ3) is 2.44. The Morgan fingerprint density at radius 3 is 3.00 bits per heavy atom. The quantitative estimate of drug-likeness (QED) is 0.541. The Kier molecular flexibility index (Phi) is 3.49. The molecular weight excluding hydrogens is 327 g/mol. The lowest BCUT2D eigenvalue weighted by Crippen LogP contribution is -2.23. The van der Waals surface area contributed by atoms with Gasteiger partial charge in [0, 0.05) is 18.1 Å². The van der Waals surface area contributed by atoms with E-state index < -0.39 is 17.8 Å². The summed E-state index contributed by atoms with van der Waals surface area (Å²) in [4.78, 5) is 29.2. The maximum absolute atomic E-state index is 13.8. The van der Waals surface area contributed by atoms with E-state index in [0.717, 1.165) is 5.39 Å². The van der Waals surface area contributed by atoms with Gasteiger partial charge in [0.25, 0.3) is 5.91 Å². The lowest BCUT2D eigenvalue weighted by atomic mass is 10.1. The zero-order valence-electron chi connectivity index (χ0n) is 13.3. The SMILES string of the molecule is COC(=O)c1cccc2cc(CN3Cc4ccnc(F)c4C3=O)oc12. The van der Waals surface area contributed by atoms with E-state index in [0.29, 0.717) is 22.5 Å². The van der Waals surface area contributed by atoms with Crippen LogP contribution >= 0.6 is 0 Å². The van der Waals surface area contributed by atoms with Crippen molar-refractivity contribution < 1.29 is 23.1 Å². The molecule has 6 nitrogen and oxygen atoms in total. The van der Waals surface area contributed by atoms with E-state index >= 15 is 0 Å². The number of fused-ring (bicyclic) bond motifs is 2. The molecule has 3 aromatic rings. The zero-order valence-corrected chi connectivity index (χ0v) is 13.3. The van der Waals surface area contributed by atoms with Crippen molar-refractivity contribution in [3.8, 4) is 0 Å². The summed E-state index contributed by atoms with van der Waals surface area (Å²) in [6, 6.07) is 8.53. The highest BCUT2D eigenvalue weighted by Crippen LogP contribution is 2.28. The van der Waals surface area contributed by atoms with Gasteiger partial charge in [-0.1, -0.05) is 12.1 Å². The third-order valence-corrected chi connectivity index (χ3v) is 4.20. The summed E-state index contributed by atoms with van der Waals surface area (Å²) < 4.78 is 24.3. The Morgan fingerprint density at radius 2 is 2.24 bits per heavy atom. The molecule has 0 fully saturated rings. The Hall–Kier alpha value is -3.22. The Balaban J connectivity index is 1.65. The van der Waals surface area contributed by atoms with Gasteiger partial charge in [0.2, 0.25) is 5.95 Å². The van der Waals surface area contributed by atoms with E-state index in [4.69, 9.17) is 9.15 Å². The van der Waals surface area contributed by atoms with Crippen LogP contribution in [-0.4, -0.2) is 28.9 Å². The van der Waals surface area contributed by atoms with Crippen LogP contribution < -0.4 is 0 Å². The standard InChI is InChI=1S/C18H13FN2O4/c1-24-18(23)13-4-2-3-10-7-12(25-15(10)13)9-21-8-11-5-6-20-16(19)14(11)17(21)22/h2-7H,8-9H2,1H3. The Labute approximate surface area is 141 Å². The summed E-state index contributed by atoms with van der Waals surface area (Å²) in [6.07, 6.45) is 1.34. The number of pyridine rings is 1. The number of carbonyl (C=O) groups is 2. The lowest BCUT2D eigenvalue weighted by molar-refractivity contribution is 0.0600. The van der Waals surface area contributed by atoms with Crippen molar-refractivity contribution in [1.29, 1.82) is 0 Å². The highest BCUT2D eigenvalue weighted by atomic mass is 19.1. The number of hydrogen-bond donors (Lipinski definition) is 0. The molecule has 7 heteroatoms. The number of hydrogen-bond acceptors (Lipinski definition) is 5. The Morgan fingerprint density at radius 1 is 1.40 bits per heavy atom. The Bertz CT molecular complexity index is 1010. The van der Waals surface area contributed by atoms with E-state index in [-0.39, 0.29) is 18.7 Å². The molecule has 2 aromatic heterocycles. The first kappa shape index (κ1) is 15.3. The van der Waals surface area contributed by atoms with Gasteiger partial charge >= 0.3 is 5.97 Å². The van der Waals surface area contributed by atoms with Crippen LogP contribution in [0, 0.1) is 5.95 Å². The molecule has 0 atom stereocenters. The normalized spacial score (nSPS) is 13.4. The van der Waals surface area contributed by atoms with Crippen LogP contribution in [0.1, 0.15) is 32.0 Å². The maximum Gasteiger partial charge on any atom is 0.341 e. The second-order valence-electron chi connectivity index (χ2n) is 5.73. The van der Waals surface area contributed by atoms with Crippen LogP contribution in [0.15, 0.2) is 40.9 Å². The number of esters is 1. The molecule has 0 spiro atoms. The van der Waals surface area contributed by atoms with Crippen LogP contribution in [0.4, 0.5) is 4.39 Å². The second kappa shape index (κ2) is 5.70. The van der Waals surface area contributed by atoms with Crippen molar-refractivity contribution in [2.24, 2.45) is 0 Å². The van der Waals surface area contributed by atoms with Crippen molar-refractivity contribution in [3.63, 3.8) is 0 Å². The molecule has 0 bridgehead atoms. The van der Waals surface area contributed by atoms with E-state index in [1.165, 1.54) is 18.2 Å². The fraction of sp³-hybridized carbons (Fsp3) is 0.167. The monoisotopic (exact) mass is 340 g/mol. The van der Waals surface area contributed by atoms with Gasteiger partial charge in [-0.05, 0) is 23.8 Å². The van der Waals surface area contributed by atoms with Crippen molar-refractivity contribution in [2.75, 3.05) is 7.11 Å². The molecular formula is C18H13FN2O4. The van der Waals surface area contributed by atoms with E-state index in [2.05, 4.69) is 4.98 Å². The molecule has 25 heavy (non-hydrogen) atoms. The summed E-state index contributed by atoms with van der Waals surface area (Å²) in [5.74, 6) is -1.18. The second-order valence-corrected chi connectivity index (χ2v) is 5.73.